The minimum absolute atomic E-state index is 1.11. The van der Waals surface area contributed by atoms with Crippen LogP contribution < -0.4 is 4.90 Å². The molecular weight excluding hydrogens is 434 g/mol. The van der Waals surface area contributed by atoms with E-state index in [4.69, 9.17) is 0 Å². The molecule has 5 rings (SSSR count). The molecule has 0 saturated carbocycles. The number of nitrogens with zero attached hydrogens (tertiary/aromatic N) is 1. The van der Waals surface area contributed by atoms with Gasteiger partial charge in [0, 0.05) is 29.2 Å². The largest absolute Gasteiger partial charge is 0.323 e. The lowest BCUT2D eigenvalue weighted by molar-refractivity contribution is 1.27. The highest BCUT2D eigenvalue weighted by Crippen LogP contribution is 2.30. The molecule has 0 amide bonds. The second-order valence-corrected chi connectivity index (χ2v) is 8.79. The van der Waals surface area contributed by atoms with Crippen LogP contribution in [0.4, 0.5) is 5.69 Å². The topological polar surface area (TPSA) is 3.24 Å². The average molecular weight is 464 g/mol. The van der Waals surface area contributed by atoms with Crippen LogP contribution in [0.25, 0.3) is 11.1 Å². The molecule has 0 heterocycles. The summed E-state index contributed by atoms with van der Waals surface area (Å²) in [5.41, 5.74) is 9.37. The third kappa shape index (κ3) is 5.54. The highest BCUT2D eigenvalue weighted by atomic mass is 15.1. The van der Waals surface area contributed by atoms with Crippen LogP contribution in [-0.2, 0) is 0 Å². The SMILES string of the molecule is Cc1ccc(N(C=C(c2ccccc2)c2ccccc2)C=C(c2ccccc2)c2ccccc2)cc1. The van der Waals surface area contributed by atoms with Crippen molar-refractivity contribution in [2.45, 2.75) is 6.92 Å². The van der Waals surface area contributed by atoms with Crippen LogP contribution in [0.2, 0.25) is 0 Å². The summed E-state index contributed by atoms with van der Waals surface area (Å²) in [5, 5.41) is 0. The monoisotopic (exact) mass is 463 g/mol. The minimum atomic E-state index is 1.11. The Bertz CT molecular complexity index is 1260. The van der Waals surface area contributed by atoms with E-state index in [1.807, 2.05) is 0 Å². The van der Waals surface area contributed by atoms with Gasteiger partial charge in [-0.2, -0.15) is 0 Å². The van der Waals surface area contributed by atoms with Crippen LogP contribution in [0.5, 0.6) is 0 Å². The van der Waals surface area contributed by atoms with Gasteiger partial charge in [-0.05, 0) is 41.3 Å². The normalized spacial score (nSPS) is 10.4. The van der Waals surface area contributed by atoms with Crippen molar-refractivity contribution in [3.05, 3.63) is 186 Å². The zero-order valence-electron chi connectivity index (χ0n) is 20.5. The molecule has 1 heteroatoms. The Morgan fingerprint density at radius 3 is 1.03 bits per heavy atom. The standard InChI is InChI=1S/C35H29N/c1-28-22-24-33(25-23-28)36(26-34(29-14-6-2-7-15-29)30-16-8-3-9-17-30)27-35(31-18-10-4-11-19-31)32-20-12-5-13-21-32/h2-27H,1H3. The number of anilines is 1. The zero-order chi connectivity index (χ0) is 24.6. The van der Waals surface area contributed by atoms with E-state index < -0.39 is 0 Å². The third-order valence-electron chi connectivity index (χ3n) is 6.21. The van der Waals surface area contributed by atoms with Crippen LogP contribution in [-0.4, -0.2) is 0 Å². The van der Waals surface area contributed by atoms with E-state index in [0.29, 0.717) is 0 Å². The van der Waals surface area contributed by atoms with E-state index in [1.165, 1.54) is 27.8 Å². The first-order valence-corrected chi connectivity index (χ1v) is 12.3. The van der Waals surface area contributed by atoms with Gasteiger partial charge in [0.05, 0.1) is 0 Å². The van der Waals surface area contributed by atoms with Gasteiger partial charge in [0.15, 0.2) is 0 Å². The molecular formula is C35H29N. The van der Waals surface area contributed by atoms with Crippen molar-refractivity contribution in [2.75, 3.05) is 4.90 Å². The van der Waals surface area contributed by atoms with Crippen molar-refractivity contribution >= 4 is 16.8 Å². The molecule has 36 heavy (non-hydrogen) atoms. The molecule has 174 valence electrons. The van der Waals surface area contributed by atoms with Crippen molar-refractivity contribution in [3.63, 3.8) is 0 Å². The number of rotatable bonds is 7. The van der Waals surface area contributed by atoms with Gasteiger partial charge in [-0.3, -0.25) is 0 Å². The van der Waals surface area contributed by atoms with Gasteiger partial charge in [-0.1, -0.05) is 139 Å². The van der Waals surface area contributed by atoms with Crippen LogP contribution in [0, 0.1) is 6.92 Å². The molecule has 1 nitrogen and oxygen atoms in total. The zero-order valence-corrected chi connectivity index (χ0v) is 20.5. The van der Waals surface area contributed by atoms with Crippen LogP contribution in [0.15, 0.2) is 158 Å². The molecule has 0 N–H and O–H groups in total. The fourth-order valence-electron chi connectivity index (χ4n) is 4.28. The predicted molar refractivity (Wildman–Crippen MR) is 154 cm³/mol. The van der Waals surface area contributed by atoms with Crippen molar-refractivity contribution in [2.24, 2.45) is 0 Å². The summed E-state index contributed by atoms with van der Waals surface area (Å²) in [5.74, 6) is 0. The Labute approximate surface area is 214 Å². The summed E-state index contributed by atoms with van der Waals surface area (Å²) >= 11 is 0. The summed E-state index contributed by atoms with van der Waals surface area (Å²) < 4.78 is 0. The summed E-state index contributed by atoms with van der Waals surface area (Å²) in [7, 11) is 0. The summed E-state index contributed by atoms with van der Waals surface area (Å²) in [6.45, 7) is 2.12. The fourth-order valence-corrected chi connectivity index (χ4v) is 4.28. The number of benzene rings is 5. The first-order chi connectivity index (χ1) is 17.8. The van der Waals surface area contributed by atoms with E-state index in [2.05, 4.69) is 170 Å². The first kappa shape index (κ1) is 23.1. The Morgan fingerprint density at radius 2 is 0.722 bits per heavy atom. The number of aryl methyl sites for hydroxylation is 1. The van der Waals surface area contributed by atoms with Crippen LogP contribution >= 0.6 is 0 Å². The average Bonchev–Trinajstić information content (AvgIpc) is 2.96. The number of hydrogen-bond acceptors (Lipinski definition) is 1. The third-order valence-corrected chi connectivity index (χ3v) is 6.21. The lowest BCUT2D eigenvalue weighted by atomic mass is 9.97. The molecule has 0 unspecified atom stereocenters. The van der Waals surface area contributed by atoms with E-state index in [1.54, 1.807) is 0 Å². The Kier molecular flexibility index (Phi) is 7.20. The number of hydrogen-bond donors (Lipinski definition) is 0. The fraction of sp³-hybridized carbons (Fsp3) is 0.0286. The maximum absolute atomic E-state index is 2.25. The van der Waals surface area contributed by atoms with Gasteiger partial charge >= 0.3 is 0 Å². The van der Waals surface area contributed by atoms with Crippen molar-refractivity contribution in [3.8, 4) is 0 Å². The molecule has 0 atom stereocenters. The lowest BCUT2D eigenvalue weighted by Crippen LogP contribution is -2.11. The quantitative estimate of drug-likeness (QED) is 0.233. The van der Waals surface area contributed by atoms with Crippen LogP contribution in [0.3, 0.4) is 0 Å². The maximum atomic E-state index is 2.25. The van der Waals surface area contributed by atoms with E-state index >= 15 is 0 Å². The summed E-state index contributed by atoms with van der Waals surface area (Å²) in [6.07, 6.45) is 4.50. The molecule has 0 radical (unpaired) electrons. The second-order valence-electron chi connectivity index (χ2n) is 8.79. The molecule has 0 bridgehead atoms. The van der Waals surface area contributed by atoms with Crippen molar-refractivity contribution in [1.29, 1.82) is 0 Å². The minimum Gasteiger partial charge on any atom is -0.323 e. The highest BCUT2D eigenvalue weighted by Gasteiger charge is 2.12. The van der Waals surface area contributed by atoms with Crippen molar-refractivity contribution in [1.82, 2.24) is 0 Å². The summed E-state index contributed by atoms with van der Waals surface area (Å²) in [6, 6.07) is 51.1. The van der Waals surface area contributed by atoms with Gasteiger partial charge < -0.3 is 4.90 Å². The van der Waals surface area contributed by atoms with Crippen molar-refractivity contribution < 1.29 is 0 Å². The molecule has 0 saturated heterocycles. The molecule has 5 aromatic carbocycles. The second kappa shape index (κ2) is 11.2. The molecule has 0 fully saturated rings. The smallest absolute Gasteiger partial charge is 0.0450 e. The molecule has 5 aromatic rings. The maximum Gasteiger partial charge on any atom is 0.0450 e. The highest BCUT2D eigenvalue weighted by molar-refractivity contribution is 5.85. The van der Waals surface area contributed by atoms with Gasteiger partial charge in [-0.25, -0.2) is 0 Å². The molecule has 0 aliphatic rings. The van der Waals surface area contributed by atoms with E-state index in [0.717, 1.165) is 16.8 Å². The molecule has 0 aromatic heterocycles. The van der Waals surface area contributed by atoms with Crippen LogP contribution in [0.1, 0.15) is 27.8 Å². The molecule has 0 aliphatic carbocycles. The van der Waals surface area contributed by atoms with E-state index in [9.17, 15) is 0 Å². The predicted octanol–water partition coefficient (Wildman–Crippen LogP) is 8.98. The van der Waals surface area contributed by atoms with Gasteiger partial charge in [0.1, 0.15) is 0 Å². The lowest BCUT2D eigenvalue weighted by Gasteiger charge is -2.22. The van der Waals surface area contributed by atoms with Gasteiger partial charge in [-0.15, -0.1) is 0 Å². The summed E-state index contributed by atoms with van der Waals surface area (Å²) in [4.78, 5) is 2.25. The Hall–Kier alpha value is -4.62. The molecule has 0 spiro atoms. The molecule has 0 aliphatic heterocycles. The Balaban J connectivity index is 1.74. The Morgan fingerprint density at radius 1 is 0.417 bits per heavy atom. The van der Waals surface area contributed by atoms with Gasteiger partial charge in [0.2, 0.25) is 0 Å². The van der Waals surface area contributed by atoms with Gasteiger partial charge in [0.25, 0.3) is 0 Å². The van der Waals surface area contributed by atoms with E-state index in [-0.39, 0.29) is 0 Å². The first-order valence-electron chi connectivity index (χ1n) is 12.3.